The number of rotatable bonds is 8. The van der Waals surface area contributed by atoms with Gasteiger partial charge in [0.05, 0.1) is 17.9 Å². The van der Waals surface area contributed by atoms with Crippen LogP contribution in [0.4, 0.5) is 14.6 Å². The number of nitriles is 1. The van der Waals surface area contributed by atoms with Gasteiger partial charge >= 0.3 is 6.61 Å². The van der Waals surface area contributed by atoms with Crippen molar-refractivity contribution in [3.63, 3.8) is 0 Å². The molecule has 0 saturated heterocycles. The first-order valence-electron chi connectivity index (χ1n) is 11.2. The number of thiazole rings is 1. The summed E-state index contributed by atoms with van der Waals surface area (Å²) in [6.07, 6.45) is 6.34. The Morgan fingerprint density at radius 1 is 1.27 bits per heavy atom. The quantitative estimate of drug-likeness (QED) is 0.299. The van der Waals surface area contributed by atoms with Crippen LogP contribution in [0.2, 0.25) is 0 Å². The number of amides is 1. The number of hydrogen-bond donors (Lipinski definition) is 1. The molecule has 190 valence electrons. The zero-order chi connectivity index (χ0) is 26.6. The van der Waals surface area contributed by atoms with Crippen LogP contribution in [0.3, 0.4) is 0 Å². The number of aromatic nitrogens is 3. The van der Waals surface area contributed by atoms with E-state index in [0.717, 1.165) is 0 Å². The van der Waals surface area contributed by atoms with Crippen molar-refractivity contribution in [2.24, 2.45) is 5.41 Å². The molecular formula is C26H23F2N5O3S. The molecule has 1 amide bonds. The third-order valence-electron chi connectivity index (χ3n) is 4.93. The molecule has 0 unspecified atom stereocenters. The van der Waals surface area contributed by atoms with Gasteiger partial charge in [0.25, 0.3) is 5.91 Å². The lowest BCUT2D eigenvalue weighted by Gasteiger charge is -2.21. The van der Waals surface area contributed by atoms with Gasteiger partial charge in [-0.15, -0.1) is 11.3 Å². The second kappa shape index (κ2) is 10.8. The van der Waals surface area contributed by atoms with E-state index < -0.39 is 12.5 Å². The Balaban J connectivity index is 1.68. The number of para-hydroxylation sites is 1. The minimum Gasteiger partial charge on any atom is -0.489 e. The third kappa shape index (κ3) is 6.29. The van der Waals surface area contributed by atoms with Crippen LogP contribution in [0.5, 0.6) is 11.5 Å². The highest BCUT2D eigenvalue weighted by atomic mass is 32.1. The van der Waals surface area contributed by atoms with E-state index in [1.165, 1.54) is 29.7 Å². The van der Waals surface area contributed by atoms with E-state index in [0.29, 0.717) is 21.8 Å². The lowest BCUT2D eigenvalue weighted by molar-refractivity contribution is -0.0517. The zero-order valence-corrected chi connectivity index (χ0v) is 21.1. The zero-order valence-electron chi connectivity index (χ0n) is 20.2. The predicted molar refractivity (Wildman–Crippen MR) is 137 cm³/mol. The Kier molecular flexibility index (Phi) is 7.50. The van der Waals surface area contributed by atoms with Gasteiger partial charge in [0.15, 0.2) is 16.5 Å². The van der Waals surface area contributed by atoms with Gasteiger partial charge in [-0.3, -0.25) is 9.20 Å². The van der Waals surface area contributed by atoms with E-state index in [9.17, 15) is 13.6 Å². The summed E-state index contributed by atoms with van der Waals surface area (Å²) in [5, 5.41) is 13.5. The number of carbonyl (C=O) groups excluding carboxylic acids is 1. The smallest absolute Gasteiger partial charge is 0.387 e. The van der Waals surface area contributed by atoms with Crippen molar-refractivity contribution in [1.29, 1.82) is 5.26 Å². The number of ether oxygens (including phenoxy) is 2. The molecule has 8 nitrogen and oxygen atoms in total. The second-order valence-corrected chi connectivity index (χ2v) is 10.0. The van der Waals surface area contributed by atoms with Gasteiger partial charge in [-0.1, -0.05) is 32.9 Å². The molecule has 1 N–H and O–H groups in total. The van der Waals surface area contributed by atoms with Crippen LogP contribution in [0, 0.1) is 16.7 Å². The molecule has 0 bridgehead atoms. The highest BCUT2D eigenvalue weighted by Gasteiger charge is 2.21. The molecule has 0 aliphatic heterocycles. The fourth-order valence-electron chi connectivity index (χ4n) is 3.32. The van der Waals surface area contributed by atoms with Crippen LogP contribution in [0.15, 0.2) is 48.1 Å². The molecule has 0 aliphatic rings. The van der Waals surface area contributed by atoms with E-state index in [1.54, 1.807) is 46.3 Å². The SMILES string of the molecule is CC(C)(C)COc1c(C=Cc2nc3sccn3c2C(=O)Nc2ccc(C#N)cn2)cccc1OC(F)F. The first-order chi connectivity index (χ1) is 17.6. The summed E-state index contributed by atoms with van der Waals surface area (Å²) in [6.45, 7) is 3.14. The average molecular weight is 524 g/mol. The summed E-state index contributed by atoms with van der Waals surface area (Å²) in [5.74, 6) is -0.0968. The van der Waals surface area contributed by atoms with Gasteiger partial charge in [0, 0.05) is 23.3 Å². The largest absolute Gasteiger partial charge is 0.489 e. The number of pyridine rings is 1. The molecule has 0 atom stereocenters. The van der Waals surface area contributed by atoms with Crippen LogP contribution in [-0.2, 0) is 0 Å². The van der Waals surface area contributed by atoms with E-state index in [2.05, 4.69) is 20.0 Å². The van der Waals surface area contributed by atoms with E-state index in [4.69, 9.17) is 10.00 Å². The number of fused-ring (bicyclic) bond motifs is 1. The first kappa shape index (κ1) is 25.8. The summed E-state index contributed by atoms with van der Waals surface area (Å²) < 4.78 is 38.3. The van der Waals surface area contributed by atoms with Crippen molar-refractivity contribution in [3.8, 4) is 17.6 Å². The Labute approximate surface area is 215 Å². The Morgan fingerprint density at radius 2 is 2.08 bits per heavy atom. The normalized spacial score (nSPS) is 11.7. The summed E-state index contributed by atoms with van der Waals surface area (Å²) in [7, 11) is 0. The highest BCUT2D eigenvalue weighted by molar-refractivity contribution is 7.15. The maximum atomic E-state index is 13.2. The Morgan fingerprint density at radius 3 is 2.76 bits per heavy atom. The fraction of sp³-hybridized carbons (Fsp3) is 0.231. The molecule has 0 saturated carbocycles. The molecule has 3 aromatic heterocycles. The maximum Gasteiger partial charge on any atom is 0.387 e. The standard InChI is InChI=1S/C26H23F2N5O3S/c1-26(2,3)15-35-22-17(5-4-6-19(22)36-24(27)28)8-9-18-21(33-11-12-37-25(33)31-18)23(34)32-20-10-7-16(13-29)14-30-20/h4-12,14,24H,15H2,1-3H3,(H,30,32,34). The number of halogens is 2. The maximum absolute atomic E-state index is 13.2. The van der Waals surface area contributed by atoms with Gasteiger partial charge in [-0.25, -0.2) is 9.97 Å². The number of hydrogen-bond acceptors (Lipinski definition) is 7. The van der Waals surface area contributed by atoms with Crippen LogP contribution in [0.1, 0.15) is 48.1 Å². The van der Waals surface area contributed by atoms with Crippen molar-refractivity contribution in [2.45, 2.75) is 27.4 Å². The van der Waals surface area contributed by atoms with E-state index in [1.807, 2.05) is 26.8 Å². The first-order valence-corrected chi connectivity index (χ1v) is 12.0. The van der Waals surface area contributed by atoms with E-state index in [-0.39, 0.29) is 35.0 Å². The minimum atomic E-state index is -3.01. The second-order valence-electron chi connectivity index (χ2n) is 9.13. The van der Waals surface area contributed by atoms with Crippen LogP contribution >= 0.6 is 11.3 Å². The molecule has 0 aliphatic carbocycles. The summed E-state index contributed by atoms with van der Waals surface area (Å²) in [5.41, 5.74) is 1.25. The molecular weight excluding hydrogens is 500 g/mol. The van der Waals surface area contributed by atoms with Crippen molar-refractivity contribution in [3.05, 3.63) is 70.6 Å². The molecule has 0 spiro atoms. The fourth-order valence-corrected chi connectivity index (χ4v) is 4.04. The van der Waals surface area contributed by atoms with Gasteiger partial charge in [-0.05, 0) is 35.8 Å². The summed E-state index contributed by atoms with van der Waals surface area (Å²) >= 11 is 1.35. The molecule has 4 rings (SSSR count). The molecule has 4 aromatic rings. The van der Waals surface area contributed by atoms with Crippen LogP contribution in [-0.4, -0.2) is 33.5 Å². The number of nitrogens with one attached hydrogen (secondary N) is 1. The molecule has 3 heterocycles. The lowest BCUT2D eigenvalue weighted by Crippen LogP contribution is -2.18. The van der Waals surface area contributed by atoms with Crippen molar-refractivity contribution in [1.82, 2.24) is 14.4 Å². The number of anilines is 1. The highest BCUT2D eigenvalue weighted by Crippen LogP contribution is 2.35. The van der Waals surface area contributed by atoms with Crippen LogP contribution < -0.4 is 14.8 Å². The lowest BCUT2D eigenvalue weighted by atomic mass is 9.98. The molecule has 37 heavy (non-hydrogen) atoms. The number of nitrogens with zero attached hydrogens (tertiary/aromatic N) is 4. The minimum absolute atomic E-state index is 0.0860. The number of carbonyl (C=O) groups is 1. The van der Waals surface area contributed by atoms with Crippen molar-refractivity contribution >= 4 is 40.2 Å². The van der Waals surface area contributed by atoms with Gasteiger partial charge < -0.3 is 14.8 Å². The number of alkyl halides is 2. The average Bonchev–Trinajstić information content (AvgIpc) is 3.42. The monoisotopic (exact) mass is 523 g/mol. The molecule has 1 aromatic carbocycles. The van der Waals surface area contributed by atoms with Crippen molar-refractivity contribution in [2.75, 3.05) is 11.9 Å². The number of benzene rings is 1. The molecule has 0 fully saturated rings. The topological polar surface area (TPSA) is 102 Å². The van der Waals surface area contributed by atoms with E-state index >= 15 is 0 Å². The number of imidazole rings is 1. The van der Waals surface area contributed by atoms with Crippen molar-refractivity contribution < 1.29 is 23.0 Å². The van der Waals surface area contributed by atoms with Crippen LogP contribution in [0.25, 0.3) is 17.1 Å². The van der Waals surface area contributed by atoms with Gasteiger partial charge in [0.2, 0.25) is 0 Å². The molecule has 0 radical (unpaired) electrons. The Bertz CT molecular complexity index is 1480. The predicted octanol–water partition coefficient (Wildman–Crippen LogP) is 6.11. The van der Waals surface area contributed by atoms with Gasteiger partial charge in [-0.2, -0.15) is 14.0 Å². The third-order valence-corrected chi connectivity index (χ3v) is 5.69. The molecule has 11 heteroatoms. The summed E-state index contributed by atoms with van der Waals surface area (Å²) in [4.78, 5) is 22.4. The summed E-state index contributed by atoms with van der Waals surface area (Å²) in [6, 6.07) is 9.75. The van der Waals surface area contributed by atoms with Gasteiger partial charge in [0.1, 0.15) is 17.6 Å². The Hall–Kier alpha value is -4.30.